The number of esters is 1. The van der Waals surface area contributed by atoms with Crippen LogP contribution in [0.3, 0.4) is 0 Å². The molecular weight excluding hydrogens is 304 g/mol. The molecule has 1 aliphatic rings. The zero-order chi connectivity index (χ0) is 16.9. The molecule has 3 rings (SSSR count). The second-order valence-corrected chi connectivity index (χ2v) is 6.46. The van der Waals surface area contributed by atoms with E-state index < -0.39 is 0 Å². The minimum Gasteiger partial charge on any atom is -0.465 e. The summed E-state index contributed by atoms with van der Waals surface area (Å²) in [5.41, 5.74) is 1.36. The van der Waals surface area contributed by atoms with Gasteiger partial charge < -0.3 is 14.6 Å². The van der Waals surface area contributed by atoms with Crippen molar-refractivity contribution in [2.75, 3.05) is 7.11 Å². The molecule has 0 spiro atoms. The van der Waals surface area contributed by atoms with Crippen molar-refractivity contribution in [2.45, 2.75) is 51.1 Å². The first kappa shape index (κ1) is 16.6. The Hall–Kier alpha value is -2.30. The second kappa shape index (κ2) is 7.51. The van der Waals surface area contributed by atoms with Gasteiger partial charge in [0.15, 0.2) is 0 Å². The molecule has 2 aromatic rings. The number of ether oxygens (including phenoxy) is 1. The molecule has 1 aliphatic carbocycles. The van der Waals surface area contributed by atoms with E-state index in [2.05, 4.69) is 5.32 Å². The summed E-state index contributed by atoms with van der Waals surface area (Å²) in [7, 11) is 1.37. The van der Waals surface area contributed by atoms with Crippen LogP contribution in [0.15, 0.2) is 30.5 Å². The van der Waals surface area contributed by atoms with Crippen molar-refractivity contribution in [3.8, 4) is 0 Å². The highest BCUT2D eigenvalue weighted by Gasteiger charge is 2.16. The van der Waals surface area contributed by atoms with Gasteiger partial charge in [-0.25, -0.2) is 4.79 Å². The number of hydrogen-bond donors (Lipinski definition) is 1. The number of rotatable bonds is 4. The lowest BCUT2D eigenvalue weighted by atomic mass is 10.1. The number of aromatic nitrogens is 1. The first-order valence-corrected chi connectivity index (χ1v) is 8.64. The van der Waals surface area contributed by atoms with Crippen LogP contribution in [0.25, 0.3) is 10.9 Å². The van der Waals surface area contributed by atoms with Crippen molar-refractivity contribution in [1.82, 2.24) is 9.88 Å². The van der Waals surface area contributed by atoms with Gasteiger partial charge in [-0.1, -0.05) is 31.7 Å². The molecule has 0 unspecified atom stereocenters. The van der Waals surface area contributed by atoms with E-state index in [0.717, 1.165) is 23.7 Å². The molecule has 0 aliphatic heterocycles. The summed E-state index contributed by atoms with van der Waals surface area (Å²) in [6, 6.07) is 7.65. The van der Waals surface area contributed by atoms with Crippen LogP contribution in [-0.4, -0.2) is 29.6 Å². The lowest BCUT2D eigenvalue weighted by Gasteiger charge is -2.16. The Bertz CT molecular complexity index is 727. The van der Waals surface area contributed by atoms with Crippen LogP contribution in [0.2, 0.25) is 0 Å². The highest BCUT2D eigenvalue weighted by Crippen LogP contribution is 2.19. The number of fused-ring (bicyclic) bond motifs is 1. The fourth-order valence-electron chi connectivity index (χ4n) is 3.42. The van der Waals surface area contributed by atoms with Crippen LogP contribution in [0, 0.1) is 0 Å². The quantitative estimate of drug-likeness (QED) is 0.692. The lowest BCUT2D eigenvalue weighted by molar-refractivity contribution is -0.122. The normalized spacial score (nSPS) is 15.9. The third-order valence-electron chi connectivity index (χ3n) is 4.73. The SMILES string of the molecule is COC(=O)c1ccc2ccn(CC(=O)NC3CCCCCC3)c2c1. The molecule has 5 heteroatoms. The third kappa shape index (κ3) is 3.78. The van der Waals surface area contributed by atoms with Gasteiger partial charge >= 0.3 is 5.97 Å². The Labute approximate surface area is 142 Å². The maximum atomic E-state index is 12.4. The van der Waals surface area contributed by atoms with E-state index in [-0.39, 0.29) is 18.4 Å². The van der Waals surface area contributed by atoms with Gasteiger partial charge in [-0.2, -0.15) is 0 Å². The monoisotopic (exact) mass is 328 g/mol. The fraction of sp³-hybridized carbons (Fsp3) is 0.474. The van der Waals surface area contributed by atoms with Crippen LogP contribution in [0.5, 0.6) is 0 Å². The summed E-state index contributed by atoms with van der Waals surface area (Å²) < 4.78 is 6.65. The van der Waals surface area contributed by atoms with Crippen molar-refractivity contribution >= 4 is 22.8 Å². The fourth-order valence-corrected chi connectivity index (χ4v) is 3.42. The molecule has 128 valence electrons. The number of hydrogen-bond acceptors (Lipinski definition) is 3. The van der Waals surface area contributed by atoms with Gasteiger partial charge in [0, 0.05) is 17.8 Å². The highest BCUT2D eigenvalue weighted by atomic mass is 16.5. The minimum absolute atomic E-state index is 0.0304. The zero-order valence-corrected chi connectivity index (χ0v) is 14.1. The summed E-state index contributed by atoms with van der Waals surface area (Å²) in [6.45, 7) is 0.268. The van der Waals surface area contributed by atoms with E-state index in [1.54, 1.807) is 12.1 Å². The topological polar surface area (TPSA) is 60.3 Å². The van der Waals surface area contributed by atoms with Gasteiger partial charge in [0.2, 0.25) is 5.91 Å². The number of carbonyl (C=O) groups excluding carboxylic acids is 2. The number of benzene rings is 1. The van der Waals surface area contributed by atoms with Crippen molar-refractivity contribution in [2.24, 2.45) is 0 Å². The van der Waals surface area contributed by atoms with E-state index in [4.69, 9.17) is 4.74 Å². The van der Waals surface area contributed by atoms with Crippen molar-refractivity contribution in [1.29, 1.82) is 0 Å². The average molecular weight is 328 g/mol. The largest absolute Gasteiger partial charge is 0.465 e. The number of nitrogens with one attached hydrogen (secondary N) is 1. The highest BCUT2D eigenvalue weighted by molar-refractivity contribution is 5.95. The zero-order valence-electron chi connectivity index (χ0n) is 14.1. The summed E-state index contributed by atoms with van der Waals surface area (Å²) in [6.07, 6.45) is 8.96. The Morgan fingerprint density at radius 1 is 1.17 bits per heavy atom. The molecule has 0 atom stereocenters. The van der Waals surface area contributed by atoms with E-state index >= 15 is 0 Å². The van der Waals surface area contributed by atoms with Crippen LogP contribution >= 0.6 is 0 Å². The molecule has 0 radical (unpaired) electrons. The van der Waals surface area contributed by atoms with Gasteiger partial charge in [-0.15, -0.1) is 0 Å². The van der Waals surface area contributed by atoms with E-state index in [9.17, 15) is 9.59 Å². The molecule has 5 nitrogen and oxygen atoms in total. The summed E-state index contributed by atoms with van der Waals surface area (Å²) in [5, 5.41) is 4.16. The van der Waals surface area contributed by atoms with E-state index in [1.165, 1.54) is 32.8 Å². The molecule has 1 amide bonds. The van der Waals surface area contributed by atoms with Gasteiger partial charge in [0.1, 0.15) is 6.54 Å². The van der Waals surface area contributed by atoms with Crippen molar-refractivity contribution in [3.05, 3.63) is 36.0 Å². The summed E-state index contributed by atoms with van der Waals surface area (Å²) in [5.74, 6) is -0.338. The predicted octanol–water partition coefficient (Wildman–Crippen LogP) is 3.27. The first-order chi connectivity index (χ1) is 11.7. The van der Waals surface area contributed by atoms with E-state index in [0.29, 0.717) is 11.6 Å². The molecule has 1 N–H and O–H groups in total. The minimum atomic E-state index is -0.368. The van der Waals surface area contributed by atoms with Crippen LogP contribution in [-0.2, 0) is 16.1 Å². The van der Waals surface area contributed by atoms with Crippen molar-refractivity contribution in [3.63, 3.8) is 0 Å². The molecule has 24 heavy (non-hydrogen) atoms. The van der Waals surface area contributed by atoms with Crippen LogP contribution in [0.1, 0.15) is 48.9 Å². The molecule has 1 saturated carbocycles. The molecule has 1 aromatic heterocycles. The first-order valence-electron chi connectivity index (χ1n) is 8.64. The average Bonchev–Trinajstić information content (AvgIpc) is 2.80. The Balaban J connectivity index is 1.71. The number of carbonyl (C=O) groups is 2. The van der Waals surface area contributed by atoms with Gasteiger partial charge in [0.05, 0.1) is 12.7 Å². The molecule has 1 heterocycles. The van der Waals surface area contributed by atoms with E-state index in [1.807, 2.05) is 22.9 Å². The van der Waals surface area contributed by atoms with Crippen molar-refractivity contribution < 1.29 is 14.3 Å². The lowest BCUT2D eigenvalue weighted by Crippen LogP contribution is -2.36. The number of amides is 1. The van der Waals surface area contributed by atoms with Crippen LogP contribution in [0.4, 0.5) is 0 Å². The number of nitrogens with zero attached hydrogens (tertiary/aromatic N) is 1. The summed E-state index contributed by atoms with van der Waals surface area (Å²) in [4.78, 5) is 24.1. The number of methoxy groups -OCH3 is 1. The van der Waals surface area contributed by atoms with Gasteiger partial charge in [0.25, 0.3) is 0 Å². The molecule has 1 aromatic carbocycles. The molecular formula is C19H24N2O3. The smallest absolute Gasteiger partial charge is 0.337 e. The maximum absolute atomic E-state index is 12.4. The van der Waals surface area contributed by atoms with Crippen LogP contribution < -0.4 is 5.32 Å². The maximum Gasteiger partial charge on any atom is 0.337 e. The Morgan fingerprint density at radius 3 is 2.62 bits per heavy atom. The van der Waals surface area contributed by atoms with Gasteiger partial charge in [-0.3, -0.25) is 4.79 Å². The Kier molecular flexibility index (Phi) is 5.18. The second-order valence-electron chi connectivity index (χ2n) is 6.46. The molecule has 0 bridgehead atoms. The standard InChI is InChI=1S/C19H24N2O3/c1-24-19(23)15-9-8-14-10-11-21(17(14)12-15)13-18(22)20-16-6-4-2-3-5-7-16/h8-12,16H,2-7,13H2,1H3,(H,20,22). The van der Waals surface area contributed by atoms with Gasteiger partial charge in [-0.05, 0) is 36.4 Å². The Morgan fingerprint density at radius 2 is 1.92 bits per heavy atom. The third-order valence-corrected chi connectivity index (χ3v) is 4.73. The molecule has 1 fully saturated rings. The summed E-state index contributed by atoms with van der Waals surface area (Å²) >= 11 is 0. The molecule has 0 saturated heterocycles. The predicted molar refractivity (Wildman–Crippen MR) is 92.9 cm³/mol.